The Bertz CT molecular complexity index is 1620. The third kappa shape index (κ3) is 7.24. The van der Waals surface area contributed by atoms with Crippen molar-refractivity contribution in [2.45, 2.75) is 53.6 Å². The highest BCUT2D eigenvalue weighted by Crippen LogP contribution is 2.34. The van der Waals surface area contributed by atoms with Gasteiger partial charge in [0.05, 0.1) is 23.5 Å². The average Bonchev–Trinajstić information content (AvgIpc) is 3.64. The zero-order valence-electron chi connectivity index (χ0n) is 25.0. The van der Waals surface area contributed by atoms with E-state index in [1.54, 1.807) is 12.4 Å². The van der Waals surface area contributed by atoms with E-state index in [1.165, 1.54) is 0 Å². The molecule has 11 heteroatoms. The number of nitrogens with zero attached hydrogens (tertiary/aromatic N) is 2. The highest BCUT2D eigenvalue weighted by molar-refractivity contribution is 6.31. The van der Waals surface area contributed by atoms with Gasteiger partial charge < -0.3 is 25.7 Å². The second kappa shape index (κ2) is 12.0. The lowest BCUT2D eigenvalue weighted by atomic mass is 9.86. The molecule has 0 fully saturated rings. The Labute approximate surface area is 249 Å². The molecule has 224 valence electrons. The van der Waals surface area contributed by atoms with E-state index in [-0.39, 0.29) is 11.7 Å². The van der Waals surface area contributed by atoms with Crippen molar-refractivity contribution in [2.24, 2.45) is 10.8 Å². The number of benzene rings is 2. The van der Waals surface area contributed by atoms with Crippen LogP contribution in [0.15, 0.2) is 60.9 Å². The van der Waals surface area contributed by atoms with Crippen LogP contribution in [0.3, 0.4) is 0 Å². The second-order valence-electron chi connectivity index (χ2n) is 12.5. The first-order valence-electron chi connectivity index (χ1n) is 13.8. The van der Waals surface area contributed by atoms with Gasteiger partial charge in [0.1, 0.15) is 11.6 Å². The zero-order chi connectivity index (χ0) is 31.5. The van der Waals surface area contributed by atoms with E-state index in [1.807, 2.05) is 90.1 Å². The molecule has 0 bridgehead atoms. The van der Waals surface area contributed by atoms with E-state index in [0.717, 1.165) is 22.3 Å². The van der Waals surface area contributed by atoms with Gasteiger partial charge in [-0.05, 0) is 22.0 Å². The molecule has 2 atom stereocenters. The molecule has 0 aliphatic carbocycles. The molecule has 4 rings (SSSR count). The fourth-order valence-electron chi connectivity index (χ4n) is 4.69. The maximum atomic E-state index is 11.9. The highest BCUT2D eigenvalue weighted by Gasteiger charge is 2.32. The maximum absolute atomic E-state index is 11.9. The van der Waals surface area contributed by atoms with Crippen LogP contribution in [-0.4, -0.2) is 49.1 Å². The standard InChI is InChI=1S/C32H36N6O5/c1-31(2,3)25(37-24(40)17-39)27-33-15-22(35-27)20-11-7-18(8-12-20)19-9-13-21(14-10-19)23-16-34-28(36-23)26(32(4,5)6)38-29(41)30(42)43/h7-17,25-26H,1-6H3,(H,33,35)(H,34,36)(H,37,40)(H,38,41)(H,42,43). The third-order valence-corrected chi connectivity index (χ3v) is 7.03. The summed E-state index contributed by atoms with van der Waals surface area (Å²) in [5.41, 5.74) is 4.30. The van der Waals surface area contributed by atoms with Crippen LogP contribution in [0.2, 0.25) is 0 Å². The number of aromatic amines is 2. The zero-order valence-corrected chi connectivity index (χ0v) is 25.0. The maximum Gasteiger partial charge on any atom is 0.394 e. The SMILES string of the molecule is CC(C)(C)C(NC(=O)C=O)c1nc(-c2ccc(-c3ccc(-c4c[nH]c(C(NC(=O)C(=O)O)C(C)(C)C)n4)cc3)cc2)c[nH]1. The third-order valence-electron chi connectivity index (χ3n) is 7.03. The number of aldehydes is 1. The Morgan fingerprint density at radius 1 is 0.698 bits per heavy atom. The Balaban J connectivity index is 1.50. The predicted molar refractivity (Wildman–Crippen MR) is 161 cm³/mol. The normalized spacial score (nSPS) is 13.2. The molecule has 43 heavy (non-hydrogen) atoms. The first-order chi connectivity index (χ1) is 20.2. The van der Waals surface area contributed by atoms with Gasteiger partial charge in [0, 0.05) is 23.5 Å². The summed E-state index contributed by atoms with van der Waals surface area (Å²) in [6, 6.07) is 14.7. The van der Waals surface area contributed by atoms with Crippen molar-refractivity contribution in [1.82, 2.24) is 30.6 Å². The van der Waals surface area contributed by atoms with Gasteiger partial charge in [0.15, 0.2) is 0 Å². The summed E-state index contributed by atoms with van der Waals surface area (Å²) in [5.74, 6) is -2.29. The number of nitrogens with one attached hydrogen (secondary N) is 4. The molecule has 0 aliphatic rings. The minimum Gasteiger partial charge on any atom is -0.474 e. The number of carboxylic acids is 1. The van der Waals surface area contributed by atoms with Crippen LogP contribution in [0.5, 0.6) is 0 Å². The number of carbonyl (C=O) groups is 4. The van der Waals surface area contributed by atoms with Gasteiger partial charge in [0.2, 0.25) is 6.29 Å². The number of imidazole rings is 2. The van der Waals surface area contributed by atoms with Gasteiger partial charge in [-0.15, -0.1) is 0 Å². The Kier molecular flexibility index (Phi) is 8.65. The van der Waals surface area contributed by atoms with E-state index >= 15 is 0 Å². The number of hydrogen-bond acceptors (Lipinski definition) is 6. The molecule has 0 saturated heterocycles. The Morgan fingerprint density at radius 2 is 1.07 bits per heavy atom. The average molecular weight is 585 g/mol. The van der Waals surface area contributed by atoms with E-state index < -0.39 is 35.3 Å². The summed E-state index contributed by atoms with van der Waals surface area (Å²) < 4.78 is 0. The van der Waals surface area contributed by atoms with Crippen molar-refractivity contribution in [3.63, 3.8) is 0 Å². The molecule has 11 nitrogen and oxygen atoms in total. The number of H-pyrrole nitrogens is 2. The van der Waals surface area contributed by atoms with Crippen molar-refractivity contribution >= 4 is 24.1 Å². The summed E-state index contributed by atoms with van der Waals surface area (Å²) in [6.45, 7) is 11.6. The summed E-state index contributed by atoms with van der Waals surface area (Å²) in [6.07, 6.45) is 3.77. The Morgan fingerprint density at radius 3 is 1.42 bits per heavy atom. The van der Waals surface area contributed by atoms with E-state index in [0.29, 0.717) is 23.0 Å². The van der Waals surface area contributed by atoms with Crippen LogP contribution in [0.4, 0.5) is 0 Å². The number of rotatable bonds is 8. The molecule has 2 heterocycles. The number of aliphatic carboxylic acids is 1. The van der Waals surface area contributed by atoms with Gasteiger partial charge in [-0.25, -0.2) is 14.8 Å². The molecule has 2 amide bonds. The largest absolute Gasteiger partial charge is 0.474 e. The van der Waals surface area contributed by atoms with Crippen LogP contribution < -0.4 is 10.6 Å². The molecule has 0 aliphatic heterocycles. The molecule has 2 aromatic carbocycles. The fourth-order valence-corrected chi connectivity index (χ4v) is 4.69. The summed E-state index contributed by atoms with van der Waals surface area (Å²) >= 11 is 0. The Hall–Kier alpha value is -5.06. The molecule has 0 radical (unpaired) electrons. The van der Waals surface area contributed by atoms with Gasteiger partial charge in [0.25, 0.3) is 5.91 Å². The lowest BCUT2D eigenvalue weighted by Gasteiger charge is -2.29. The van der Waals surface area contributed by atoms with Gasteiger partial charge >= 0.3 is 11.9 Å². The molecule has 4 aromatic rings. The molecular weight excluding hydrogens is 548 g/mol. The molecule has 0 spiro atoms. The minimum atomic E-state index is -1.55. The first-order valence-corrected chi connectivity index (χ1v) is 13.8. The lowest BCUT2D eigenvalue weighted by molar-refractivity contribution is -0.151. The first kappa shape index (κ1) is 30.9. The van der Waals surface area contributed by atoms with Crippen molar-refractivity contribution in [3.05, 3.63) is 72.6 Å². The topological polar surface area (TPSA) is 170 Å². The molecular formula is C32H36N6O5. The number of carbonyl (C=O) groups excluding carboxylic acids is 3. The van der Waals surface area contributed by atoms with Crippen LogP contribution >= 0.6 is 0 Å². The van der Waals surface area contributed by atoms with Crippen LogP contribution in [0, 0.1) is 10.8 Å². The molecule has 0 saturated carbocycles. The molecule has 2 unspecified atom stereocenters. The number of carboxylic acid groups (broad SMARTS) is 1. The van der Waals surface area contributed by atoms with Gasteiger partial charge in [-0.1, -0.05) is 90.1 Å². The quantitative estimate of drug-likeness (QED) is 0.146. The number of amides is 2. The summed E-state index contributed by atoms with van der Waals surface area (Å²) in [7, 11) is 0. The van der Waals surface area contributed by atoms with Crippen LogP contribution in [0.25, 0.3) is 33.6 Å². The minimum absolute atomic E-state index is 0.258. The van der Waals surface area contributed by atoms with Crippen molar-refractivity contribution in [2.75, 3.05) is 0 Å². The monoisotopic (exact) mass is 584 g/mol. The van der Waals surface area contributed by atoms with E-state index in [2.05, 4.69) is 30.6 Å². The van der Waals surface area contributed by atoms with Gasteiger partial charge in [-0.2, -0.15) is 0 Å². The smallest absolute Gasteiger partial charge is 0.394 e. The van der Waals surface area contributed by atoms with Crippen molar-refractivity contribution in [1.29, 1.82) is 0 Å². The van der Waals surface area contributed by atoms with Crippen molar-refractivity contribution < 1.29 is 24.3 Å². The van der Waals surface area contributed by atoms with Gasteiger partial charge in [-0.3, -0.25) is 14.4 Å². The number of aromatic nitrogens is 4. The molecule has 2 aromatic heterocycles. The highest BCUT2D eigenvalue weighted by atomic mass is 16.4. The molecule has 5 N–H and O–H groups in total. The van der Waals surface area contributed by atoms with Crippen LogP contribution in [0.1, 0.15) is 65.3 Å². The van der Waals surface area contributed by atoms with Crippen molar-refractivity contribution in [3.8, 4) is 33.6 Å². The number of hydrogen-bond donors (Lipinski definition) is 5. The van der Waals surface area contributed by atoms with Crippen LogP contribution in [-0.2, 0) is 19.2 Å². The lowest BCUT2D eigenvalue weighted by Crippen LogP contribution is -2.40. The predicted octanol–water partition coefficient (Wildman–Crippen LogP) is 4.82. The second-order valence-corrected chi connectivity index (χ2v) is 12.5. The summed E-state index contributed by atoms with van der Waals surface area (Å²) in [5, 5.41) is 14.3. The van der Waals surface area contributed by atoms with E-state index in [9.17, 15) is 19.2 Å². The van der Waals surface area contributed by atoms with E-state index in [4.69, 9.17) is 5.11 Å². The summed E-state index contributed by atoms with van der Waals surface area (Å²) in [4.78, 5) is 61.2. The fraction of sp³-hybridized carbons (Fsp3) is 0.312.